The van der Waals surface area contributed by atoms with Crippen molar-refractivity contribution in [1.82, 2.24) is 0 Å². The maximum atomic E-state index is 8.18. The topological polar surface area (TPSA) is 48.8 Å². The summed E-state index contributed by atoms with van der Waals surface area (Å²) in [5.41, 5.74) is 10.9. The van der Waals surface area contributed by atoms with E-state index < -0.39 is 0 Å². The van der Waals surface area contributed by atoms with Gasteiger partial charge in [-0.3, -0.25) is 0 Å². The van der Waals surface area contributed by atoms with Gasteiger partial charge in [0.15, 0.2) is 0 Å². The number of nitrogens with zero attached hydrogens (tertiary/aromatic N) is 3. The van der Waals surface area contributed by atoms with Crippen molar-refractivity contribution in [1.29, 1.82) is 0 Å². The Labute approximate surface area is 71.0 Å². The van der Waals surface area contributed by atoms with Crippen molar-refractivity contribution in [2.45, 2.75) is 6.92 Å². The second-order valence-electron chi connectivity index (χ2n) is 2.43. The van der Waals surface area contributed by atoms with Crippen LogP contribution >= 0.6 is 0 Å². The van der Waals surface area contributed by atoms with Crippen LogP contribution in [0.4, 0.5) is 5.69 Å². The standard InChI is InChI=1S/C9H9N3/c1-3-8-4-5-9(11-12-10)6-7(8)2/h3-6H,1H2,2H3. The third-order valence-corrected chi connectivity index (χ3v) is 1.63. The van der Waals surface area contributed by atoms with E-state index in [1.165, 1.54) is 0 Å². The monoisotopic (exact) mass is 159 g/mol. The second-order valence-corrected chi connectivity index (χ2v) is 2.43. The molecule has 0 aliphatic rings. The summed E-state index contributed by atoms with van der Waals surface area (Å²) in [4.78, 5) is 2.70. The molecule has 0 heterocycles. The fraction of sp³-hybridized carbons (Fsp3) is 0.111. The lowest BCUT2D eigenvalue weighted by Crippen LogP contribution is -1.77. The number of hydrogen-bond acceptors (Lipinski definition) is 1. The molecule has 3 nitrogen and oxygen atoms in total. The lowest BCUT2D eigenvalue weighted by Gasteiger charge is -1.99. The zero-order valence-electron chi connectivity index (χ0n) is 6.86. The molecule has 0 unspecified atom stereocenters. The van der Waals surface area contributed by atoms with Crippen LogP contribution in [0.2, 0.25) is 0 Å². The minimum Gasteiger partial charge on any atom is -0.0985 e. The fourth-order valence-electron chi connectivity index (χ4n) is 1.00. The van der Waals surface area contributed by atoms with Gasteiger partial charge in [0, 0.05) is 10.6 Å². The summed E-state index contributed by atoms with van der Waals surface area (Å²) < 4.78 is 0. The van der Waals surface area contributed by atoms with Crippen LogP contribution in [0.25, 0.3) is 16.5 Å². The van der Waals surface area contributed by atoms with Crippen LogP contribution in [0.3, 0.4) is 0 Å². The molecular formula is C9H9N3. The molecule has 0 atom stereocenters. The van der Waals surface area contributed by atoms with Gasteiger partial charge in [0.1, 0.15) is 0 Å². The van der Waals surface area contributed by atoms with Crippen molar-refractivity contribution in [3.8, 4) is 0 Å². The van der Waals surface area contributed by atoms with Crippen LogP contribution in [0.1, 0.15) is 11.1 Å². The molecule has 0 bridgehead atoms. The van der Waals surface area contributed by atoms with E-state index >= 15 is 0 Å². The minimum absolute atomic E-state index is 0.639. The Hall–Kier alpha value is -1.73. The Morgan fingerprint density at radius 2 is 2.33 bits per heavy atom. The number of azide groups is 1. The quantitative estimate of drug-likeness (QED) is 0.360. The molecule has 0 fully saturated rings. The number of hydrogen-bond donors (Lipinski definition) is 0. The summed E-state index contributed by atoms with van der Waals surface area (Å²) in [5.74, 6) is 0. The highest BCUT2D eigenvalue weighted by Gasteiger charge is 1.93. The SMILES string of the molecule is C=Cc1ccc(N=[N+]=[N-])cc1C. The van der Waals surface area contributed by atoms with Crippen molar-refractivity contribution in [3.05, 3.63) is 46.3 Å². The van der Waals surface area contributed by atoms with E-state index in [1.807, 2.05) is 19.1 Å². The first-order valence-electron chi connectivity index (χ1n) is 3.56. The van der Waals surface area contributed by atoms with E-state index in [2.05, 4.69) is 16.6 Å². The molecule has 3 heteroatoms. The predicted octanol–water partition coefficient (Wildman–Crippen LogP) is 3.58. The molecule has 1 rings (SSSR count). The molecule has 1 aromatic rings. The third-order valence-electron chi connectivity index (χ3n) is 1.63. The Morgan fingerprint density at radius 1 is 1.58 bits per heavy atom. The summed E-state index contributed by atoms with van der Waals surface area (Å²) in [6, 6.07) is 5.48. The van der Waals surface area contributed by atoms with Crippen molar-refractivity contribution < 1.29 is 0 Å². The Balaban J connectivity index is 3.17. The van der Waals surface area contributed by atoms with Gasteiger partial charge >= 0.3 is 0 Å². The van der Waals surface area contributed by atoms with E-state index in [9.17, 15) is 0 Å². The van der Waals surface area contributed by atoms with Crippen LogP contribution in [-0.4, -0.2) is 0 Å². The number of aryl methyl sites for hydroxylation is 1. The summed E-state index contributed by atoms with van der Waals surface area (Å²) in [6.07, 6.45) is 1.77. The highest BCUT2D eigenvalue weighted by Crippen LogP contribution is 2.18. The molecule has 0 aliphatic carbocycles. The maximum Gasteiger partial charge on any atom is 0.0378 e. The van der Waals surface area contributed by atoms with Gasteiger partial charge in [-0.05, 0) is 29.6 Å². The van der Waals surface area contributed by atoms with Crippen LogP contribution < -0.4 is 0 Å². The van der Waals surface area contributed by atoms with Gasteiger partial charge in [-0.2, -0.15) is 0 Å². The van der Waals surface area contributed by atoms with Crippen LogP contribution in [-0.2, 0) is 0 Å². The molecule has 0 spiro atoms. The zero-order chi connectivity index (χ0) is 8.97. The minimum atomic E-state index is 0.639. The molecule has 0 aromatic heterocycles. The van der Waals surface area contributed by atoms with Crippen molar-refractivity contribution in [2.24, 2.45) is 5.11 Å². The molecule has 0 saturated carbocycles. The summed E-state index contributed by atoms with van der Waals surface area (Å²) >= 11 is 0. The Kier molecular flexibility index (Phi) is 2.51. The maximum absolute atomic E-state index is 8.18. The first-order valence-corrected chi connectivity index (χ1v) is 3.56. The van der Waals surface area contributed by atoms with Gasteiger partial charge in [-0.15, -0.1) is 0 Å². The van der Waals surface area contributed by atoms with Crippen LogP contribution in [0.5, 0.6) is 0 Å². The van der Waals surface area contributed by atoms with Gasteiger partial charge < -0.3 is 0 Å². The molecular weight excluding hydrogens is 150 g/mol. The normalized spacial score (nSPS) is 8.75. The van der Waals surface area contributed by atoms with Crippen LogP contribution in [0.15, 0.2) is 29.9 Å². The summed E-state index contributed by atoms with van der Waals surface area (Å²) in [6.45, 7) is 5.62. The summed E-state index contributed by atoms with van der Waals surface area (Å²) in [5, 5.41) is 3.49. The predicted molar refractivity (Wildman–Crippen MR) is 50.1 cm³/mol. The molecule has 0 saturated heterocycles. The van der Waals surface area contributed by atoms with E-state index in [1.54, 1.807) is 12.1 Å². The average Bonchev–Trinajstić information content (AvgIpc) is 2.05. The molecule has 1 aromatic carbocycles. The van der Waals surface area contributed by atoms with E-state index in [4.69, 9.17) is 5.53 Å². The lowest BCUT2D eigenvalue weighted by molar-refractivity contribution is 1.39. The smallest absolute Gasteiger partial charge is 0.0378 e. The van der Waals surface area contributed by atoms with E-state index in [-0.39, 0.29) is 0 Å². The van der Waals surface area contributed by atoms with Crippen LogP contribution in [0, 0.1) is 6.92 Å². The number of rotatable bonds is 2. The molecule has 60 valence electrons. The Morgan fingerprint density at radius 3 is 2.83 bits per heavy atom. The zero-order valence-corrected chi connectivity index (χ0v) is 6.86. The molecule has 12 heavy (non-hydrogen) atoms. The first-order chi connectivity index (χ1) is 5.77. The van der Waals surface area contributed by atoms with Gasteiger partial charge in [0.05, 0.1) is 0 Å². The van der Waals surface area contributed by atoms with E-state index in [0.29, 0.717) is 5.69 Å². The first kappa shape index (κ1) is 8.37. The third kappa shape index (κ3) is 1.65. The highest BCUT2D eigenvalue weighted by molar-refractivity contribution is 5.56. The molecule has 0 N–H and O–H groups in total. The van der Waals surface area contributed by atoms with Crippen molar-refractivity contribution >= 4 is 11.8 Å². The van der Waals surface area contributed by atoms with Gasteiger partial charge in [-0.1, -0.05) is 29.9 Å². The van der Waals surface area contributed by atoms with Gasteiger partial charge in [0.2, 0.25) is 0 Å². The fourth-order valence-corrected chi connectivity index (χ4v) is 1.00. The van der Waals surface area contributed by atoms with Crippen molar-refractivity contribution in [3.63, 3.8) is 0 Å². The Bertz CT molecular complexity index is 349. The average molecular weight is 159 g/mol. The molecule has 0 radical (unpaired) electrons. The summed E-state index contributed by atoms with van der Waals surface area (Å²) in [7, 11) is 0. The molecule has 0 amide bonds. The largest absolute Gasteiger partial charge is 0.0985 e. The second kappa shape index (κ2) is 3.60. The van der Waals surface area contributed by atoms with Gasteiger partial charge in [0.25, 0.3) is 0 Å². The van der Waals surface area contributed by atoms with E-state index in [0.717, 1.165) is 11.1 Å². The van der Waals surface area contributed by atoms with Crippen molar-refractivity contribution in [2.75, 3.05) is 0 Å². The lowest BCUT2D eigenvalue weighted by atomic mass is 10.1. The molecule has 0 aliphatic heterocycles. The van der Waals surface area contributed by atoms with Gasteiger partial charge in [-0.25, -0.2) is 0 Å². The number of benzene rings is 1. The highest BCUT2D eigenvalue weighted by atomic mass is 15.1.